The number of primary sulfonamides is 1. The number of sulfonamides is 1. The number of halogens is 3. The Hall–Kier alpha value is -0.660. The molecule has 0 aliphatic carbocycles. The van der Waals surface area contributed by atoms with Crippen LogP contribution < -0.4 is 34.7 Å². The van der Waals surface area contributed by atoms with Crippen molar-refractivity contribution in [2.45, 2.75) is 22.6 Å². The molecule has 0 unspecified atom stereocenters. The summed E-state index contributed by atoms with van der Waals surface area (Å²) >= 11 is 4.92. The molecular weight excluding hydrogens is 584 g/mol. The Morgan fingerprint density at radius 1 is 1.06 bits per heavy atom. The Morgan fingerprint density at radius 2 is 1.74 bits per heavy atom. The minimum atomic E-state index is -4.46. The van der Waals surface area contributed by atoms with Crippen molar-refractivity contribution in [2.24, 2.45) is 5.14 Å². The van der Waals surface area contributed by atoms with Crippen molar-refractivity contribution in [3.8, 4) is 11.3 Å². The minimum absolute atomic E-state index is 0. The van der Waals surface area contributed by atoms with Gasteiger partial charge in [0.05, 0.1) is 16.8 Å². The third-order valence-corrected chi connectivity index (χ3v) is 8.38. The maximum Gasteiger partial charge on any atom is 1.00 e. The van der Waals surface area contributed by atoms with E-state index in [0.717, 1.165) is 11.1 Å². The first-order valence-corrected chi connectivity index (χ1v) is 14.5. The molecule has 14 heteroatoms. The first-order valence-electron chi connectivity index (χ1n) is 9.26. The number of aromatic nitrogens is 1. The van der Waals surface area contributed by atoms with Crippen LogP contribution in [-0.4, -0.2) is 13.4 Å². The molecule has 0 saturated heterocycles. The predicted octanol–water partition coefficient (Wildman–Crippen LogP) is 3.20. The number of hydrogen-bond acceptors (Lipinski definition) is 7. The average molecular weight is 603 g/mol. The summed E-state index contributed by atoms with van der Waals surface area (Å²) < 4.78 is 66.0. The van der Waals surface area contributed by atoms with Crippen LogP contribution in [-0.2, 0) is 41.7 Å². The average Bonchev–Trinajstić information content (AvgIpc) is 2.81. The monoisotopic (exact) mass is 602 g/mol. The van der Waals surface area contributed by atoms with Gasteiger partial charge in [0.2, 0.25) is 10.0 Å². The second-order valence-corrected chi connectivity index (χ2v) is 12.2. The maximum absolute atomic E-state index is 12.3. The Morgan fingerprint density at radius 3 is 2.32 bits per heavy atom. The standard InChI is InChI=1S/C20H18BrF2N2O5PS2.Na.H/c21-19-8-14(4-6-17(19)11-31(26,29-22)30-23)12-32-13-15-5-7-20(25-10-15)16-2-1-3-18(9-16)33(24,27)28;;/h1-10H,11-13H2,(H2,24,27,28);;/q;+1;-1. The van der Waals surface area contributed by atoms with Gasteiger partial charge in [-0.1, -0.05) is 46.3 Å². The van der Waals surface area contributed by atoms with E-state index in [-0.39, 0.29) is 35.9 Å². The number of nitrogens with two attached hydrogens (primary N) is 1. The SMILES string of the molecule is NS(=O)(=O)c1cccc(-c2ccc(CSCc3ccc(CP(=O)(OF)OF)c(Br)c3)cn2)c1.[H-].[Na+]. The Balaban J connectivity index is 0.00000306. The van der Waals surface area contributed by atoms with E-state index in [1.54, 1.807) is 48.3 Å². The Kier molecular flexibility index (Phi) is 11.3. The molecule has 3 rings (SSSR count). The van der Waals surface area contributed by atoms with Crippen LogP contribution in [0.15, 0.2) is 70.2 Å². The fourth-order valence-electron chi connectivity index (χ4n) is 2.88. The zero-order valence-corrected chi connectivity index (χ0v) is 24.0. The number of thioether (sulfide) groups is 1. The van der Waals surface area contributed by atoms with Crippen molar-refractivity contribution in [2.75, 3.05) is 0 Å². The summed E-state index contributed by atoms with van der Waals surface area (Å²) in [6.07, 6.45) is 1.17. The van der Waals surface area contributed by atoms with Crippen LogP contribution >= 0.6 is 35.3 Å². The molecular formula is C20H19BrF2N2NaO5PS2. The van der Waals surface area contributed by atoms with Gasteiger partial charge in [0.25, 0.3) is 0 Å². The van der Waals surface area contributed by atoms with Crippen LogP contribution in [0.25, 0.3) is 11.3 Å². The van der Waals surface area contributed by atoms with Crippen LogP contribution in [0.4, 0.5) is 9.05 Å². The second kappa shape index (κ2) is 13.0. The van der Waals surface area contributed by atoms with Gasteiger partial charge in [-0.2, -0.15) is 11.8 Å². The number of hydrogen-bond donors (Lipinski definition) is 1. The van der Waals surface area contributed by atoms with Gasteiger partial charge in [0.1, 0.15) is 0 Å². The smallest absolute Gasteiger partial charge is 1.00 e. The maximum atomic E-state index is 12.3. The second-order valence-electron chi connectivity index (χ2n) is 6.95. The van der Waals surface area contributed by atoms with Crippen LogP contribution in [0, 0.1) is 0 Å². The van der Waals surface area contributed by atoms with Crippen molar-refractivity contribution in [1.29, 1.82) is 0 Å². The fourth-order valence-corrected chi connectivity index (χ4v) is 5.95. The summed E-state index contributed by atoms with van der Waals surface area (Å²) in [6.45, 7) is 0. The largest absolute Gasteiger partial charge is 1.00 e. The van der Waals surface area contributed by atoms with Gasteiger partial charge >= 0.3 is 37.2 Å². The molecule has 0 aliphatic heterocycles. The normalized spacial score (nSPS) is 11.8. The first-order chi connectivity index (χ1) is 15.6. The van der Waals surface area contributed by atoms with Crippen molar-refractivity contribution < 1.29 is 62.5 Å². The number of pyridine rings is 1. The topological polar surface area (TPSA) is 109 Å². The summed E-state index contributed by atoms with van der Waals surface area (Å²) in [5.41, 5.74) is 3.57. The Bertz CT molecular complexity index is 1280. The van der Waals surface area contributed by atoms with Crippen LogP contribution in [0.3, 0.4) is 0 Å². The fraction of sp³-hybridized carbons (Fsp3) is 0.150. The van der Waals surface area contributed by atoms with E-state index in [2.05, 4.69) is 30.4 Å². The van der Waals surface area contributed by atoms with E-state index in [0.29, 0.717) is 32.8 Å². The Labute approximate surface area is 232 Å². The molecule has 2 N–H and O–H groups in total. The van der Waals surface area contributed by atoms with Gasteiger partial charge in [-0.15, -0.1) is 9.46 Å². The molecule has 0 fully saturated rings. The van der Waals surface area contributed by atoms with Gasteiger partial charge in [-0.25, -0.2) is 13.6 Å². The van der Waals surface area contributed by atoms with E-state index in [1.165, 1.54) is 12.1 Å². The van der Waals surface area contributed by atoms with E-state index < -0.39 is 23.8 Å². The zero-order chi connectivity index (χ0) is 24.1. The molecule has 0 radical (unpaired) electrons. The van der Waals surface area contributed by atoms with Crippen molar-refractivity contribution in [1.82, 2.24) is 4.98 Å². The van der Waals surface area contributed by atoms with Crippen LogP contribution in [0.5, 0.6) is 0 Å². The molecule has 2 aromatic carbocycles. The third-order valence-electron chi connectivity index (χ3n) is 4.51. The summed E-state index contributed by atoms with van der Waals surface area (Å²) in [5.74, 6) is 1.32. The third kappa shape index (κ3) is 8.19. The molecule has 0 aliphatic rings. The van der Waals surface area contributed by atoms with Crippen molar-refractivity contribution >= 4 is 45.3 Å². The molecule has 34 heavy (non-hydrogen) atoms. The zero-order valence-electron chi connectivity index (χ0n) is 18.9. The van der Waals surface area contributed by atoms with Crippen molar-refractivity contribution in [3.63, 3.8) is 0 Å². The summed E-state index contributed by atoms with van der Waals surface area (Å²) in [4.78, 5) is 4.43. The van der Waals surface area contributed by atoms with Crippen LogP contribution in [0.1, 0.15) is 18.1 Å². The molecule has 7 nitrogen and oxygen atoms in total. The summed E-state index contributed by atoms with van der Waals surface area (Å²) in [6, 6.07) is 15.1. The quantitative estimate of drug-likeness (QED) is 0.280. The summed E-state index contributed by atoms with van der Waals surface area (Å²) in [7, 11) is -8.25. The summed E-state index contributed by atoms with van der Waals surface area (Å²) in [5, 5.41) is 5.18. The van der Waals surface area contributed by atoms with Gasteiger partial charge in [0, 0.05) is 27.7 Å². The number of rotatable bonds is 10. The van der Waals surface area contributed by atoms with Gasteiger partial charge in [-0.3, -0.25) is 9.55 Å². The van der Waals surface area contributed by atoms with Gasteiger partial charge in [0.15, 0.2) is 0 Å². The van der Waals surface area contributed by atoms with E-state index in [4.69, 9.17) is 5.14 Å². The molecule has 0 bridgehead atoms. The van der Waals surface area contributed by atoms with Gasteiger partial charge < -0.3 is 1.43 Å². The molecule has 178 valence electrons. The number of nitrogens with zero attached hydrogens (tertiary/aromatic N) is 1. The van der Waals surface area contributed by atoms with E-state index in [1.807, 2.05) is 12.1 Å². The van der Waals surface area contributed by atoms with E-state index in [9.17, 15) is 22.0 Å². The first kappa shape index (κ1) is 29.6. The predicted molar refractivity (Wildman–Crippen MR) is 127 cm³/mol. The molecule has 1 aromatic heterocycles. The minimum Gasteiger partial charge on any atom is -1.00 e. The molecule has 3 aromatic rings. The molecule has 0 saturated carbocycles. The number of benzene rings is 2. The molecule has 0 atom stereocenters. The van der Waals surface area contributed by atoms with Crippen molar-refractivity contribution in [3.05, 3.63) is 82.0 Å². The molecule has 0 spiro atoms. The molecule has 0 amide bonds. The van der Waals surface area contributed by atoms with Gasteiger partial charge in [-0.05, 0) is 50.0 Å². The van der Waals surface area contributed by atoms with E-state index >= 15 is 0 Å². The molecule has 1 heterocycles. The van der Waals surface area contributed by atoms with Crippen LogP contribution in [0.2, 0.25) is 0 Å².